The first-order valence-corrected chi connectivity index (χ1v) is 6.50. The van der Waals surface area contributed by atoms with E-state index in [1.807, 2.05) is 0 Å². The van der Waals surface area contributed by atoms with Crippen LogP contribution in [-0.2, 0) is 0 Å². The highest BCUT2D eigenvalue weighted by atomic mass is 19.1. The van der Waals surface area contributed by atoms with Gasteiger partial charge in [-0.15, -0.1) is 0 Å². The smallest absolute Gasteiger partial charge is 0.139 e. The second-order valence-electron chi connectivity index (χ2n) is 6.55. The number of hydrogen-bond donors (Lipinski definition) is 0. The Hall–Kier alpha value is -1.09. The zero-order valence-electron chi connectivity index (χ0n) is 10.1. The van der Waals surface area contributed by atoms with Crippen LogP contribution in [0.4, 0.5) is 4.39 Å². The Bertz CT molecular complexity index is 400. The van der Waals surface area contributed by atoms with Crippen LogP contribution in [0.1, 0.15) is 39.0 Å². The lowest BCUT2D eigenvalue weighted by molar-refractivity contribution is -0.160. The molecule has 4 saturated carbocycles. The number of nitriles is 2. The Morgan fingerprint density at radius 3 is 2.06 bits per heavy atom. The van der Waals surface area contributed by atoms with E-state index in [1.165, 1.54) is 0 Å². The zero-order chi connectivity index (χ0) is 12.3. The van der Waals surface area contributed by atoms with Crippen LogP contribution in [-0.4, -0.2) is 5.67 Å². The van der Waals surface area contributed by atoms with Gasteiger partial charge in [0.1, 0.15) is 11.6 Å². The molecular formula is C14H17FN2. The van der Waals surface area contributed by atoms with Crippen LogP contribution < -0.4 is 0 Å². The lowest BCUT2D eigenvalue weighted by atomic mass is 9.42. The van der Waals surface area contributed by atoms with Crippen molar-refractivity contribution in [2.75, 3.05) is 0 Å². The van der Waals surface area contributed by atoms with Crippen molar-refractivity contribution in [3.05, 3.63) is 0 Å². The quantitative estimate of drug-likeness (QED) is 0.697. The summed E-state index contributed by atoms with van der Waals surface area (Å²) in [5.74, 6) is 0.413. The minimum atomic E-state index is -0.981. The van der Waals surface area contributed by atoms with Gasteiger partial charge in [0.15, 0.2) is 0 Å². The molecule has 4 bridgehead atoms. The van der Waals surface area contributed by atoms with Gasteiger partial charge in [-0.25, -0.2) is 4.39 Å². The van der Waals surface area contributed by atoms with Gasteiger partial charge in [0.25, 0.3) is 0 Å². The molecule has 3 heteroatoms. The summed E-state index contributed by atoms with van der Waals surface area (Å²) in [6, 6.07) is 4.30. The maximum atomic E-state index is 14.5. The van der Waals surface area contributed by atoms with Gasteiger partial charge in [-0.3, -0.25) is 0 Å². The monoisotopic (exact) mass is 232 g/mol. The minimum Gasteiger partial charge on any atom is -0.244 e. The summed E-state index contributed by atoms with van der Waals surface area (Å²) < 4.78 is 14.5. The van der Waals surface area contributed by atoms with E-state index in [4.69, 9.17) is 0 Å². The van der Waals surface area contributed by atoms with Gasteiger partial charge in [-0.05, 0) is 49.9 Å². The summed E-state index contributed by atoms with van der Waals surface area (Å²) in [6.45, 7) is 2.06. The molecule has 4 aliphatic rings. The van der Waals surface area contributed by atoms with Crippen LogP contribution in [0.25, 0.3) is 0 Å². The molecular weight excluding hydrogens is 215 g/mol. The number of rotatable bonds is 1. The molecule has 4 aliphatic carbocycles. The minimum absolute atomic E-state index is 0.239. The fourth-order valence-corrected chi connectivity index (χ4v) is 4.94. The number of hydrogen-bond acceptors (Lipinski definition) is 2. The topological polar surface area (TPSA) is 47.6 Å². The van der Waals surface area contributed by atoms with E-state index in [1.54, 1.807) is 0 Å². The van der Waals surface area contributed by atoms with E-state index >= 15 is 0 Å². The Morgan fingerprint density at radius 1 is 1.12 bits per heavy atom. The molecule has 0 N–H and O–H groups in total. The molecule has 0 aliphatic heterocycles. The summed E-state index contributed by atoms with van der Waals surface area (Å²) in [6.07, 6.45) is 3.93. The summed E-state index contributed by atoms with van der Waals surface area (Å²) in [7, 11) is 0. The molecule has 0 aromatic heterocycles. The van der Waals surface area contributed by atoms with E-state index in [0.717, 1.165) is 19.3 Å². The highest BCUT2D eigenvalue weighted by molar-refractivity contribution is 5.19. The van der Waals surface area contributed by atoms with E-state index in [0.29, 0.717) is 18.8 Å². The summed E-state index contributed by atoms with van der Waals surface area (Å²) in [4.78, 5) is 0. The van der Waals surface area contributed by atoms with Gasteiger partial charge in [0.05, 0.1) is 12.1 Å². The second-order valence-corrected chi connectivity index (χ2v) is 6.55. The predicted molar refractivity (Wildman–Crippen MR) is 60.2 cm³/mol. The molecule has 4 fully saturated rings. The Balaban J connectivity index is 2.00. The predicted octanol–water partition coefficient (Wildman–Crippen LogP) is 3.20. The van der Waals surface area contributed by atoms with Crippen LogP contribution in [0.2, 0.25) is 0 Å². The molecule has 4 rings (SSSR count). The van der Waals surface area contributed by atoms with Crippen LogP contribution in [0.5, 0.6) is 0 Å². The van der Waals surface area contributed by atoms with Crippen molar-refractivity contribution in [2.45, 2.75) is 44.7 Å². The molecule has 3 unspecified atom stereocenters. The molecule has 0 amide bonds. The van der Waals surface area contributed by atoms with Crippen molar-refractivity contribution in [3.8, 4) is 12.1 Å². The zero-order valence-corrected chi connectivity index (χ0v) is 10.1. The molecule has 90 valence electrons. The normalized spacial score (nSPS) is 51.2. The van der Waals surface area contributed by atoms with Crippen LogP contribution in [0.3, 0.4) is 0 Å². The van der Waals surface area contributed by atoms with Crippen molar-refractivity contribution in [2.24, 2.45) is 29.1 Å². The highest BCUT2D eigenvalue weighted by Crippen LogP contribution is 2.66. The molecule has 0 spiro atoms. The van der Waals surface area contributed by atoms with E-state index in [2.05, 4.69) is 19.1 Å². The summed E-state index contributed by atoms with van der Waals surface area (Å²) >= 11 is 0. The average Bonchev–Trinajstić information content (AvgIpc) is 2.25. The van der Waals surface area contributed by atoms with Crippen molar-refractivity contribution in [1.29, 1.82) is 10.5 Å². The number of nitrogens with zero attached hydrogens (tertiary/aromatic N) is 2. The maximum absolute atomic E-state index is 14.5. The third kappa shape index (κ3) is 1.29. The van der Waals surface area contributed by atoms with E-state index in [9.17, 15) is 14.9 Å². The number of halogens is 1. The SMILES string of the molecule is CC1(C(C#N)C#N)[C@@H]2CC3C[C@H]1CC(F)(C3)C2. The second kappa shape index (κ2) is 3.22. The molecule has 2 nitrogen and oxygen atoms in total. The average molecular weight is 232 g/mol. The molecule has 0 saturated heterocycles. The Morgan fingerprint density at radius 2 is 1.65 bits per heavy atom. The molecule has 0 aromatic carbocycles. The van der Waals surface area contributed by atoms with Gasteiger partial charge < -0.3 is 0 Å². The van der Waals surface area contributed by atoms with E-state index < -0.39 is 11.6 Å². The lowest BCUT2D eigenvalue weighted by Gasteiger charge is -2.62. The molecule has 0 heterocycles. The lowest BCUT2D eigenvalue weighted by Crippen LogP contribution is -2.59. The Labute approximate surface area is 101 Å². The van der Waals surface area contributed by atoms with E-state index in [-0.39, 0.29) is 17.3 Å². The van der Waals surface area contributed by atoms with Gasteiger partial charge in [0.2, 0.25) is 0 Å². The first-order valence-electron chi connectivity index (χ1n) is 6.50. The summed E-state index contributed by atoms with van der Waals surface area (Å²) in [5, 5.41) is 18.3. The van der Waals surface area contributed by atoms with Gasteiger partial charge in [0, 0.05) is 5.41 Å². The van der Waals surface area contributed by atoms with Crippen molar-refractivity contribution in [3.63, 3.8) is 0 Å². The molecule has 17 heavy (non-hydrogen) atoms. The van der Waals surface area contributed by atoms with Gasteiger partial charge in [-0.1, -0.05) is 6.92 Å². The largest absolute Gasteiger partial charge is 0.244 e. The third-order valence-electron chi connectivity index (χ3n) is 5.75. The maximum Gasteiger partial charge on any atom is 0.139 e. The Kier molecular flexibility index (Phi) is 2.09. The first-order chi connectivity index (χ1) is 8.02. The van der Waals surface area contributed by atoms with Crippen LogP contribution in [0, 0.1) is 51.7 Å². The molecule has 0 radical (unpaired) electrons. The summed E-state index contributed by atoms with van der Waals surface area (Å²) in [5.41, 5.74) is -1.25. The number of alkyl halides is 1. The standard InChI is InChI=1S/C14H17FN2/c1-13(12(7-16)8-17)10-2-9-3-11(13)6-14(15,4-9)5-10/h9-12H,2-6H2,1H3/t9?,10-,11+,13?,14?. The van der Waals surface area contributed by atoms with Crippen LogP contribution in [0.15, 0.2) is 0 Å². The fourth-order valence-electron chi connectivity index (χ4n) is 4.94. The fraction of sp³-hybridized carbons (Fsp3) is 0.857. The van der Waals surface area contributed by atoms with Gasteiger partial charge >= 0.3 is 0 Å². The van der Waals surface area contributed by atoms with Crippen molar-refractivity contribution >= 4 is 0 Å². The highest BCUT2D eigenvalue weighted by Gasteiger charge is 2.63. The van der Waals surface area contributed by atoms with Crippen molar-refractivity contribution in [1.82, 2.24) is 0 Å². The van der Waals surface area contributed by atoms with Crippen molar-refractivity contribution < 1.29 is 4.39 Å². The third-order valence-corrected chi connectivity index (χ3v) is 5.75. The van der Waals surface area contributed by atoms with Gasteiger partial charge in [-0.2, -0.15) is 10.5 Å². The molecule has 5 atom stereocenters. The van der Waals surface area contributed by atoms with Crippen LogP contribution >= 0.6 is 0 Å². The molecule has 0 aromatic rings. The first kappa shape index (κ1) is 11.0.